The van der Waals surface area contributed by atoms with Crippen molar-refractivity contribution in [1.82, 2.24) is 20.6 Å². The Hall–Kier alpha value is -4.27. The van der Waals surface area contributed by atoms with Crippen LogP contribution in [-0.2, 0) is 16.1 Å². The van der Waals surface area contributed by atoms with Gasteiger partial charge in [0.05, 0.1) is 12.2 Å². The van der Waals surface area contributed by atoms with Gasteiger partial charge in [0.15, 0.2) is 0 Å². The number of carbonyl (C=O) groups is 2. The van der Waals surface area contributed by atoms with E-state index in [1.807, 2.05) is 0 Å². The lowest BCUT2D eigenvalue weighted by Crippen LogP contribution is -2.40. The zero-order valence-electron chi connectivity index (χ0n) is 16.7. The molecule has 0 bridgehead atoms. The molecule has 9 heteroatoms. The highest BCUT2D eigenvalue weighted by molar-refractivity contribution is 5.96. The van der Waals surface area contributed by atoms with E-state index in [0.29, 0.717) is 23.5 Å². The number of rotatable bonds is 9. The Balaban J connectivity index is 1.65. The lowest BCUT2D eigenvalue weighted by atomic mass is 10.1. The molecule has 0 aliphatic carbocycles. The minimum Gasteiger partial charge on any atom is -0.384 e. The Morgan fingerprint density at radius 2 is 1.81 bits per heavy atom. The maximum absolute atomic E-state index is 12.9. The van der Waals surface area contributed by atoms with Gasteiger partial charge in [-0.25, -0.2) is 0 Å². The Kier molecular flexibility index (Phi) is 7.26. The molecule has 31 heavy (non-hydrogen) atoms. The molecule has 1 aromatic carbocycles. The third kappa shape index (κ3) is 6.36. The molecule has 0 aliphatic rings. The third-order valence-electron chi connectivity index (χ3n) is 4.39. The summed E-state index contributed by atoms with van der Waals surface area (Å²) < 4.78 is 0. The summed E-state index contributed by atoms with van der Waals surface area (Å²) in [4.78, 5) is 33.2. The van der Waals surface area contributed by atoms with Gasteiger partial charge in [-0.15, -0.1) is 0 Å². The van der Waals surface area contributed by atoms with Crippen LogP contribution in [0.4, 0.5) is 5.69 Å². The molecule has 0 radical (unpaired) electrons. The molecule has 158 valence electrons. The quantitative estimate of drug-likeness (QED) is 0.262. The number of hydrogen-bond donors (Lipinski definition) is 5. The molecule has 0 spiro atoms. The average Bonchev–Trinajstić information content (AvgIpc) is 2.81. The maximum Gasteiger partial charge on any atom is 0.249 e. The SMILES string of the molecule is N=C(N)c1cccc(NC(C(=O)NCC(=O)NCc2ccncc2)c2ccccn2)c1. The summed E-state index contributed by atoms with van der Waals surface area (Å²) in [6.07, 6.45) is 4.88. The second kappa shape index (κ2) is 10.5. The lowest BCUT2D eigenvalue weighted by molar-refractivity contribution is -0.126. The molecule has 0 fully saturated rings. The predicted octanol–water partition coefficient (Wildman–Crippen LogP) is 1.35. The van der Waals surface area contributed by atoms with Crippen LogP contribution in [0.15, 0.2) is 73.2 Å². The number of pyridine rings is 2. The number of nitrogens with two attached hydrogens (primary N) is 1. The van der Waals surface area contributed by atoms with Gasteiger partial charge in [-0.1, -0.05) is 18.2 Å². The second-order valence-electron chi connectivity index (χ2n) is 6.68. The van der Waals surface area contributed by atoms with Gasteiger partial charge in [-0.3, -0.25) is 25.0 Å². The van der Waals surface area contributed by atoms with Gasteiger partial charge < -0.3 is 21.7 Å². The zero-order chi connectivity index (χ0) is 22.1. The van der Waals surface area contributed by atoms with Crippen LogP contribution in [0.1, 0.15) is 22.9 Å². The van der Waals surface area contributed by atoms with E-state index in [9.17, 15) is 9.59 Å². The average molecular weight is 417 g/mol. The van der Waals surface area contributed by atoms with Crippen LogP contribution in [0.5, 0.6) is 0 Å². The molecule has 9 nitrogen and oxygen atoms in total. The molecular formula is C22H23N7O2. The van der Waals surface area contributed by atoms with Crippen molar-refractivity contribution in [2.24, 2.45) is 5.73 Å². The number of amides is 2. The van der Waals surface area contributed by atoms with E-state index in [-0.39, 0.29) is 18.3 Å². The molecule has 1 atom stereocenters. The first-order chi connectivity index (χ1) is 15.0. The molecule has 2 aromatic heterocycles. The Morgan fingerprint density at radius 1 is 1.00 bits per heavy atom. The summed E-state index contributed by atoms with van der Waals surface area (Å²) in [7, 11) is 0. The molecular weight excluding hydrogens is 394 g/mol. The minimum atomic E-state index is -0.837. The van der Waals surface area contributed by atoms with Crippen LogP contribution in [-0.4, -0.2) is 34.2 Å². The van der Waals surface area contributed by atoms with Crippen LogP contribution in [0.25, 0.3) is 0 Å². The smallest absolute Gasteiger partial charge is 0.249 e. The fourth-order valence-corrected chi connectivity index (χ4v) is 2.80. The molecule has 1 unspecified atom stereocenters. The topological polar surface area (TPSA) is 146 Å². The number of carbonyl (C=O) groups excluding carboxylic acids is 2. The fourth-order valence-electron chi connectivity index (χ4n) is 2.80. The number of nitrogens with one attached hydrogen (secondary N) is 4. The number of hydrogen-bond acceptors (Lipinski definition) is 6. The second-order valence-corrected chi connectivity index (χ2v) is 6.68. The molecule has 3 rings (SSSR count). The number of anilines is 1. The first kappa shape index (κ1) is 21.4. The van der Waals surface area contributed by atoms with E-state index in [1.165, 1.54) is 0 Å². The summed E-state index contributed by atoms with van der Waals surface area (Å²) in [6.45, 7) is 0.166. The van der Waals surface area contributed by atoms with Crippen LogP contribution >= 0.6 is 0 Å². The fraction of sp³-hybridized carbons (Fsp3) is 0.136. The summed E-state index contributed by atoms with van der Waals surface area (Å²) in [5, 5.41) is 16.1. The molecule has 0 aliphatic heterocycles. The number of nitrogen functional groups attached to an aromatic ring is 1. The van der Waals surface area contributed by atoms with Crippen molar-refractivity contribution in [1.29, 1.82) is 5.41 Å². The van der Waals surface area contributed by atoms with Crippen LogP contribution < -0.4 is 21.7 Å². The van der Waals surface area contributed by atoms with E-state index >= 15 is 0 Å². The van der Waals surface area contributed by atoms with Gasteiger partial charge in [-0.2, -0.15) is 0 Å². The molecule has 2 amide bonds. The molecule has 0 saturated carbocycles. The monoisotopic (exact) mass is 417 g/mol. The van der Waals surface area contributed by atoms with Crippen molar-refractivity contribution in [3.05, 3.63) is 90.0 Å². The van der Waals surface area contributed by atoms with Gasteiger partial charge in [0.1, 0.15) is 11.9 Å². The van der Waals surface area contributed by atoms with E-state index in [2.05, 4.69) is 25.9 Å². The van der Waals surface area contributed by atoms with Gasteiger partial charge in [0.2, 0.25) is 11.8 Å². The predicted molar refractivity (Wildman–Crippen MR) is 117 cm³/mol. The summed E-state index contributed by atoms with van der Waals surface area (Å²) in [6, 6.07) is 14.9. The van der Waals surface area contributed by atoms with Crippen molar-refractivity contribution < 1.29 is 9.59 Å². The standard InChI is InChI=1S/C22H23N7O2/c23-21(24)16-4-3-5-17(12-16)29-20(18-6-1-2-9-26-18)22(31)28-14-19(30)27-13-15-7-10-25-11-8-15/h1-12,20,29H,13-14H2,(H3,23,24)(H,27,30)(H,28,31). The van der Waals surface area contributed by atoms with Crippen molar-refractivity contribution in [2.45, 2.75) is 12.6 Å². The zero-order valence-corrected chi connectivity index (χ0v) is 16.7. The van der Waals surface area contributed by atoms with E-state index in [1.54, 1.807) is 73.2 Å². The highest BCUT2D eigenvalue weighted by Gasteiger charge is 2.22. The maximum atomic E-state index is 12.9. The molecule has 3 aromatic rings. The van der Waals surface area contributed by atoms with Crippen LogP contribution in [0.2, 0.25) is 0 Å². The Morgan fingerprint density at radius 3 is 2.52 bits per heavy atom. The number of nitrogens with zero attached hydrogens (tertiary/aromatic N) is 2. The van der Waals surface area contributed by atoms with Crippen LogP contribution in [0, 0.1) is 5.41 Å². The lowest BCUT2D eigenvalue weighted by Gasteiger charge is -2.19. The summed E-state index contributed by atoms with van der Waals surface area (Å²) in [5.41, 5.74) is 8.08. The van der Waals surface area contributed by atoms with Crippen molar-refractivity contribution in [3.63, 3.8) is 0 Å². The van der Waals surface area contributed by atoms with E-state index in [4.69, 9.17) is 11.1 Å². The third-order valence-corrected chi connectivity index (χ3v) is 4.39. The minimum absolute atomic E-state index is 0.0756. The Labute approximate surface area is 179 Å². The largest absolute Gasteiger partial charge is 0.384 e. The van der Waals surface area contributed by atoms with Crippen molar-refractivity contribution >= 4 is 23.3 Å². The first-order valence-electron chi connectivity index (χ1n) is 9.58. The number of amidine groups is 1. The van der Waals surface area contributed by atoms with E-state index < -0.39 is 11.9 Å². The van der Waals surface area contributed by atoms with Crippen molar-refractivity contribution in [3.8, 4) is 0 Å². The summed E-state index contributed by atoms with van der Waals surface area (Å²) in [5.74, 6) is -0.803. The number of aromatic nitrogens is 2. The van der Waals surface area contributed by atoms with E-state index in [0.717, 1.165) is 5.56 Å². The highest BCUT2D eigenvalue weighted by atomic mass is 16.2. The van der Waals surface area contributed by atoms with Gasteiger partial charge in [0, 0.05) is 36.4 Å². The Bertz CT molecular complexity index is 1040. The number of benzene rings is 1. The first-order valence-corrected chi connectivity index (χ1v) is 9.58. The molecule has 6 N–H and O–H groups in total. The normalized spacial score (nSPS) is 11.2. The highest BCUT2D eigenvalue weighted by Crippen LogP contribution is 2.19. The van der Waals surface area contributed by atoms with Gasteiger partial charge in [-0.05, 0) is 42.0 Å². The van der Waals surface area contributed by atoms with Crippen molar-refractivity contribution in [2.75, 3.05) is 11.9 Å². The van der Waals surface area contributed by atoms with Crippen LogP contribution in [0.3, 0.4) is 0 Å². The molecule has 0 saturated heterocycles. The van der Waals surface area contributed by atoms with Gasteiger partial charge in [0.25, 0.3) is 0 Å². The summed E-state index contributed by atoms with van der Waals surface area (Å²) >= 11 is 0. The van der Waals surface area contributed by atoms with Gasteiger partial charge >= 0.3 is 0 Å². The molecule has 2 heterocycles.